The Morgan fingerprint density at radius 3 is 2.57 bits per heavy atom. The van der Waals surface area contributed by atoms with Crippen molar-refractivity contribution in [2.75, 3.05) is 14.2 Å². The molecule has 1 unspecified atom stereocenters. The van der Waals surface area contributed by atoms with Gasteiger partial charge in [-0.25, -0.2) is 0 Å². The monoisotopic (exact) mass is 196 g/mol. The zero-order chi connectivity index (χ0) is 10.6. The summed E-state index contributed by atoms with van der Waals surface area (Å²) in [6.07, 6.45) is -0.545. The first-order valence-electron chi connectivity index (χ1n) is 4.53. The van der Waals surface area contributed by atoms with Crippen molar-refractivity contribution in [2.45, 2.75) is 19.6 Å². The molecule has 1 aromatic rings. The zero-order valence-electron chi connectivity index (χ0n) is 8.78. The molecule has 14 heavy (non-hydrogen) atoms. The lowest BCUT2D eigenvalue weighted by Crippen LogP contribution is -2.02. The maximum atomic E-state index is 9.61. The predicted molar refractivity (Wildman–Crippen MR) is 54.3 cm³/mol. The standard InChI is InChI=1S/C11H16O3/c1-8(12)11-9(7-13-2)5-4-6-10(11)14-3/h4-6,8,12H,7H2,1-3H3. The number of benzene rings is 1. The molecule has 1 aromatic carbocycles. The second-order valence-corrected chi connectivity index (χ2v) is 3.14. The minimum absolute atomic E-state index is 0.484. The van der Waals surface area contributed by atoms with Crippen LogP contribution >= 0.6 is 0 Å². The summed E-state index contributed by atoms with van der Waals surface area (Å²) in [5.41, 5.74) is 1.76. The second kappa shape index (κ2) is 4.98. The summed E-state index contributed by atoms with van der Waals surface area (Å²) >= 11 is 0. The van der Waals surface area contributed by atoms with E-state index in [1.165, 1.54) is 0 Å². The highest BCUT2D eigenvalue weighted by Gasteiger charge is 2.13. The van der Waals surface area contributed by atoms with Crippen LogP contribution in [0, 0.1) is 0 Å². The molecule has 78 valence electrons. The molecule has 1 rings (SSSR count). The van der Waals surface area contributed by atoms with E-state index in [1.807, 2.05) is 18.2 Å². The third-order valence-electron chi connectivity index (χ3n) is 2.09. The van der Waals surface area contributed by atoms with Crippen molar-refractivity contribution >= 4 is 0 Å². The van der Waals surface area contributed by atoms with Crippen LogP contribution in [-0.2, 0) is 11.3 Å². The Morgan fingerprint density at radius 2 is 2.07 bits per heavy atom. The summed E-state index contributed by atoms with van der Waals surface area (Å²) in [4.78, 5) is 0. The Bertz CT molecular complexity index is 295. The number of aliphatic hydroxyl groups excluding tert-OH is 1. The van der Waals surface area contributed by atoms with E-state index in [0.29, 0.717) is 12.4 Å². The van der Waals surface area contributed by atoms with E-state index in [2.05, 4.69) is 0 Å². The molecular weight excluding hydrogens is 180 g/mol. The van der Waals surface area contributed by atoms with Gasteiger partial charge in [0, 0.05) is 12.7 Å². The molecule has 0 saturated carbocycles. The molecule has 0 fully saturated rings. The highest BCUT2D eigenvalue weighted by atomic mass is 16.5. The largest absolute Gasteiger partial charge is 0.496 e. The molecule has 0 aliphatic heterocycles. The fourth-order valence-corrected chi connectivity index (χ4v) is 1.52. The lowest BCUT2D eigenvalue weighted by Gasteiger charge is -2.15. The summed E-state index contributed by atoms with van der Waals surface area (Å²) in [5, 5.41) is 9.61. The first-order valence-corrected chi connectivity index (χ1v) is 4.53. The maximum Gasteiger partial charge on any atom is 0.125 e. The number of methoxy groups -OCH3 is 2. The maximum absolute atomic E-state index is 9.61. The van der Waals surface area contributed by atoms with Gasteiger partial charge in [-0.3, -0.25) is 0 Å². The van der Waals surface area contributed by atoms with Crippen LogP contribution in [0.1, 0.15) is 24.2 Å². The number of ether oxygens (including phenoxy) is 2. The molecule has 0 aliphatic rings. The molecule has 0 amide bonds. The van der Waals surface area contributed by atoms with E-state index in [4.69, 9.17) is 9.47 Å². The van der Waals surface area contributed by atoms with Gasteiger partial charge in [-0.15, -0.1) is 0 Å². The van der Waals surface area contributed by atoms with Crippen LogP contribution in [0.5, 0.6) is 5.75 Å². The first-order chi connectivity index (χ1) is 6.70. The first kappa shape index (κ1) is 11.0. The fourth-order valence-electron chi connectivity index (χ4n) is 1.52. The Balaban J connectivity index is 3.14. The molecule has 0 radical (unpaired) electrons. The van der Waals surface area contributed by atoms with Crippen molar-refractivity contribution < 1.29 is 14.6 Å². The topological polar surface area (TPSA) is 38.7 Å². The molecule has 0 spiro atoms. The van der Waals surface area contributed by atoms with E-state index < -0.39 is 6.10 Å². The average Bonchev–Trinajstić information content (AvgIpc) is 2.17. The highest BCUT2D eigenvalue weighted by Crippen LogP contribution is 2.28. The van der Waals surface area contributed by atoms with Crippen molar-refractivity contribution in [1.29, 1.82) is 0 Å². The van der Waals surface area contributed by atoms with Crippen molar-refractivity contribution in [1.82, 2.24) is 0 Å². The van der Waals surface area contributed by atoms with Gasteiger partial charge in [0.1, 0.15) is 5.75 Å². The van der Waals surface area contributed by atoms with Gasteiger partial charge in [-0.05, 0) is 18.6 Å². The quantitative estimate of drug-likeness (QED) is 0.799. The number of rotatable bonds is 4. The van der Waals surface area contributed by atoms with Gasteiger partial charge >= 0.3 is 0 Å². The third kappa shape index (κ3) is 2.25. The van der Waals surface area contributed by atoms with Gasteiger partial charge in [0.25, 0.3) is 0 Å². The predicted octanol–water partition coefficient (Wildman–Crippen LogP) is 1.89. The van der Waals surface area contributed by atoms with E-state index in [1.54, 1.807) is 21.1 Å². The van der Waals surface area contributed by atoms with Gasteiger partial charge in [0.15, 0.2) is 0 Å². The van der Waals surface area contributed by atoms with Crippen LogP contribution in [-0.4, -0.2) is 19.3 Å². The number of hydrogen-bond acceptors (Lipinski definition) is 3. The SMILES string of the molecule is COCc1cccc(OC)c1C(C)O. The van der Waals surface area contributed by atoms with Crippen molar-refractivity contribution in [3.63, 3.8) is 0 Å². The Morgan fingerprint density at radius 1 is 1.36 bits per heavy atom. The van der Waals surface area contributed by atoms with Gasteiger partial charge in [-0.2, -0.15) is 0 Å². The van der Waals surface area contributed by atoms with Crippen LogP contribution in [0.2, 0.25) is 0 Å². The minimum Gasteiger partial charge on any atom is -0.496 e. The van der Waals surface area contributed by atoms with E-state index in [-0.39, 0.29) is 0 Å². The van der Waals surface area contributed by atoms with Crippen LogP contribution in [0.4, 0.5) is 0 Å². The second-order valence-electron chi connectivity index (χ2n) is 3.14. The van der Waals surface area contributed by atoms with Crippen LogP contribution in [0.25, 0.3) is 0 Å². The molecule has 1 atom stereocenters. The minimum atomic E-state index is -0.545. The normalized spacial score (nSPS) is 12.6. The van der Waals surface area contributed by atoms with E-state index in [0.717, 1.165) is 11.1 Å². The molecule has 0 aliphatic carbocycles. The summed E-state index contributed by atoms with van der Waals surface area (Å²) in [6.45, 7) is 2.20. The van der Waals surface area contributed by atoms with Gasteiger partial charge < -0.3 is 14.6 Å². The lowest BCUT2D eigenvalue weighted by molar-refractivity contribution is 0.168. The molecule has 0 aromatic heterocycles. The molecule has 0 heterocycles. The molecule has 3 heteroatoms. The van der Waals surface area contributed by atoms with Gasteiger partial charge in [0.05, 0.1) is 19.8 Å². The Kier molecular flexibility index (Phi) is 3.92. The molecule has 0 saturated heterocycles. The number of hydrogen-bond donors (Lipinski definition) is 1. The zero-order valence-corrected chi connectivity index (χ0v) is 8.78. The summed E-state index contributed by atoms with van der Waals surface area (Å²) in [6, 6.07) is 5.65. The van der Waals surface area contributed by atoms with Crippen LogP contribution in [0.3, 0.4) is 0 Å². The van der Waals surface area contributed by atoms with E-state index >= 15 is 0 Å². The highest BCUT2D eigenvalue weighted by molar-refractivity contribution is 5.41. The summed E-state index contributed by atoms with van der Waals surface area (Å²) in [5.74, 6) is 0.703. The van der Waals surface area contributed by atoms with Crippen molar-refractivity contribution in [3.8, 4) is 5.75 Å². The fraction of sp³-hybridized carbons (Fsp3) is 0.455. The van der Waals surface area contributed by atoms with Crippen LogP contribution in [0.15, 0.2) is 18.2 Å². The average molecular weight is 196 g/mol. The van der Waals surface area contributed by atoms with Crippen molar-refractivity contribution in [2.24, 2.45) is 0 Å². The third-order valence-corrected chi connectivity index (χ3v) is 2.09. The Hall–Kier alpha value is -1.06. The molecular formula is C11H16O3. The summed E-state index contributed by atoms with van der Waals surface area (Å²) < 4.78 is 10.2. The van der Waals surface area contributed by atoms with Gasteiger partial charge in [-0.1, -0.05) is 12.1 Å². The van der Waals surface area contributed by atoms with E-state index in [9.17, 15) is 5.11 Å². The van der Waals surface area contributed by atoms with Gasteiger partial charge in [0.2, 0.25) is 0 Å². The molecule has 0 bridgehead atoms. The number of aliphatic hydroxyl groups is 1. The summed E-state index contributed by atoms with van der Waals surface area (Å²) in [7, 11) is 3.23. The van der Waals surface area contributed by atoms with Crippen LogP contribution < -0.4 is 4.74 Å². The molecule has 1 N–H and O–H groups in total. The lowest BCUT2D eigenvalue weighted by atomic mass is 10.0. The Labute approximate surface area is 84.3 Å². The molecule has 3 nitrogen and oxygen atoms in total. The smallest absolute Gasteiger partial charge is 0.125 e. The van der Waals surface area contributed by atoms with Crippen molar-refractivity contribution in [3.05, 3.63) is 29.3 Å².